The second-order valence-electron chi connectivity index (χ2n) is 5.60. The molecule has 2 heterocycles. The maximum absolute atomic E-state index is 12.5. The van der Waals surface area contributed by atoms with Gasteiger partial charge < -0.3 is 25.4 Å². The number of hydrogen-bond donors (Lipinski definition) is 2. The number of amides is 1. The first-order chi connectivity index (χ1) is 9.82. The number of carbonyl (C=O) groups is 1. The molecular weight excluding hydrogens is 292 g/mol. The summed E-state index contributed by atoms with van der Waals surface area (Å²) in [6, 6.07) is 0. The summed E-state index contributed by atoms with van der Waals surface area (Å²) in [4.78, 5) is 20.4. The number of likely N-dealkylation sites (N-methyl/N-ethyl adjacent to an activating group) is 1. The number of anilines is 2. The van der Waals surface area contributed by atoms with Crippen LogP contribution in [0.25, 0.3) is 0 Å². The second kappa shape index (κ2) is 6.17. The number of nitrogens with zero attached hydrogens (tertiary/aromatic N) is 3. The van der Waals surface area contributed by atoms with Gasteiger partial charge >= 0.3 is 0 Å². The Balaban J connectivity index is 2.08. The Morgan fingerprint density at radius 2 is 2.05 bits per heavy atom. The molecule has 0 unspecified atom stereocenters. The van der Waals surface area contributed by atoms with Gasteiger partial charge in [-0.25, -0.2) is 4.98 Å². The van der Waals surface area contributed by atoms with Crippen LogP contribution in [-0.4, -0.2) is 67.4 Å². The number of ether oxygens (including phenoxy) is 1. The maximum Gasteiger partial charge on any atom is 0.267 e. The molecular formula is C13H22N4O3S. The summed E-state index contributed by atoms with van der Waals surface area (Å²) >= 11 is 1.26. The van der Waals surface area contributed by atoms with Crippen molar-refractivity contribution in [2.45, 2.75) is 18.4 Å². The lowest BCUT2D eigenvalue weighted by Crippen LogP contribution is -2.47. The Labute approximate surface area is 128 Å². The molecule has 0 saturated carbocycles. The van der Waals surface area contributed by atoms with E-state index in [0.717, 1.165) is 0 Å². The van der Waals surface area contributed by atoms with E-state index in [4.69, 9.17) is 10.5 Å². The van der Waals surface area contributed by atoms with Crippen LogP contribution >= 0.6 is 11.3 Å². The minimum atomic E-state index is -0.882. The third kappa shape index (κ3) is 3.63. The van der Waals surface area contributed by atoms with Gasteiger partial charge in [0.1, 0.15) is 10.7 Å². The van der Waals surface area contributed by atoms with Crippen LogP contribution in [0, 0.1) is 0 Å². The van der Waals surface area contributed by atoms with Crippen LogP contribution in [-0.2, 0) is 4.74 Å². The van der Waals surface area contributed by atoms with Crippen molar-refractivity contribution in [3.05, 3.63) is 4.88 Å². The van der Waals surface area contributed by atoms with E-state index in [1.54, 1.807) is 7.05 Å². The highest BCUT2D eigenvalue weighted by Gasteiger charge is 2.33. The molecule has 1 aliphatic heterocycles. The Morgan fingerprint density at radius 3 is 2.57 bits per heavy atom. The van der Waals surface area contributed by atoms with Gasteiger partial charge in [0.15, 0.2) is 5.13 Å². The average molecular weight is 314 g/mol. The molecule has 0 bridgehead atoms. The number of aromatic nitrogens is 1. The monoisotopic (exact) mass is 314 g/mol. The summed E-state index contributed by atoms with van der Waals surface area (Å²) in [7, 11) is 5.37. The SMILES string of the molecule is CN(CC1(O)CCOCC1)C(=O)c1sc(N(C)C)nc1N. The quantitative estimate of drug-likeness (QED) is 0.836. The first-order valence-electron chi connectivity index (χ1n) is 6.81. The van der Waals surface area contributed by atoms with Crippen LogP contribution in [0.4, 0.5) is 10.9 Å². The lowest BCUT2D eigenvalue weighted by Gasteiger charge is -2.35. The number of carbonyl (C=O) groups excluding carboxylic acids is 1. The third-order valence-electron chi connectivity index (χ3n) is 3.52. The van der Waals surface area contributed by atoms with Crippen molar-refractivity contribution >= 4 is 28.2 Å². The zero-order valence-corrected chi connectivity index (χ0v) is 13.4. The topological polar surface area (TPSA) is 91.9 Å². The van der Waals surface area contributed by atoms with Crippen LogP contribution in [0.5, 0.6) is 0 Å². The fourth-order valence-electron chi connectivity index (χ4n) is 2.26. The molecule has 118 valence electrons. The lowest BCUT2D eigenvalue weighted by molar-refractivity contribution is -0.0733. The van der Waals surface area contributed by atoms with E-state index in [2.05, 4.69) is 4.98 Å². The van der Waals surface area contributed by atoms with E-state index < -0.39 is 5.60 Å². The molecule has 0 aromatic carbocycles. The highest BCUT2D eigenvalue weighted by atomic mass is 32.1. The van der Waals surface area contributed by atoms with Crippen molar-refractivity contribution in [1.29, 1.82) is 0 Å². The van der Waals surface area contributed by atoms with E-state index in [1.807, 2.05) is 19.0 Å². The van der Waals surface area contributed by atoms with E-state index in [0.29, 0.717) is 36.1 Å². The molecule has 1 fully saturated rings. The Bertz CT molecular complexity index is 512. The van der Waals surface area contributed by atoms with Gasteiger partial charge in [-0.2, -0.15) is 0 Å². The molecule has 1 aromatic heterocycles. The zero-order valence-electron chi connectivity index (χ0n) is 12.6. The molecule has 1 saturated heterocycles. The first-order valence-corrected chi connectivity index (χ1v) is 7.63. The van der Waals surface area contributed by atoms with Gasteiger partial charge in [0.05, 0.1) is 5.60 Å². The van der Waals surface area contributed by atoms with Crippen molar-refractivity contribution < 1.29 is 14.6 Å². The number of hydrogen-bond acceptors (Lipinski definition) is 7. The smallest absolute Gasteiger partial charge is 0.267 e. The van der Waals surface area contributed by atoms with Gasteiger partial charge in [0.25, 0.3) is 5.91 Å². The number of nitrogen functional groups attached to an aromatic ring is 1. The molecule has 8 heteroatoms. The number of rotatable bonds is 4. The van der Waals surface area contributed by atoms with Gasteiger partial charge in [-0.05, 0) is 0 Å². The first kappa shape index (κ1) is 16.0. The molecule has 0 atom stereocenters. The fourth-order valence-corrected chi connectivity index (χ4v) is 3.16. The molecule has 0 aliphatic carbocycles. The van der Waals surface area contributed by atoms with Gasteiger partial charge in [0, 0.05) is 53.7 Å². The Kier molecular flexibility index (Phi) is 4.70. The molecule has 7 nitrogen and oxygen atoms in total. The van der Waals surface area contributed by atoms with Crippen molar-refractivity contribution in [2.75, 3.05) is 51.5 Å². The van der Waals surface area contributed by atoms with Crippen molar-refractivity contribution in [3.8, 4) is 0 Å². The molecule has 2 rings (SSSR count). The molecule has 1 amide bonds. The number of aliphatic hydroxyl groups is 1. The summed E-state index contributed by atoms with van der Waals surface area (Å²) in [6.45, 7) is 1.31. The molecule has 0 radical (unpaired) electrons. The highest BCUT2D eigenvalue weighted by Crippen LogP contribution is 2.29. The minimum Gasteiger partial charge on any atom is -0.388 e. The van der Waals surface area contributed by atoms with Gasteiger partial charge in [-0.1, -0.05) is 11.3 Å². The van der Waals surface area contributed by atoms with E-state index in [9.17, 15) is 9.90 Å². The van der Waals surface area contributed by atoms with Crippen molar-refractivity contribution in [3.63, 3.8) is 0 Å². The van der Waals surface area contributed by atoms with E-state index >= 15 is 0 Å². The Hall–Kier alpha value is -1.38. The van der Waals surface area contributed by atoms with Gasteiger partial charge in [0.2, 0.25) is 0 Å². The molecule has 0 spiro atoms. The lowest BCUT2D eigenvalue weighted by atomic mass is 9.94. The second-order valence-corrected chi connectivity index (χ2v) is 6.58. The van der Waals surface area contributed by atoms with Crippen molar-refractivity contribution in [2.24, 2.45) is 0 Å². The molecule has 3 N–H and O–H groups in total. The number of nitrogens with two attached hydrogens (primary N) is 1. The number of thiazole rings is 1. The van der Waals surface area contributed by atoms with Crippen LogP contribution in [0.15, 0.2) is 0 Å². The van der Waals surface area contributed by atoms with Crippen LogP contribution < -0.4 is 10.6 Å². The normalized spacial score (nSPS) is 17.5. The zero-order chi connectivity index (χ0) is 15.6. The average Bonchev–Trinajstić information content (AvgIpc) is 2.80. The minimum absolute atomic E-state index is 0.210. The van der Waals surface area contributed by atoms with Crippen LogP contribution in [0.2, 0.25) is 0 Å². The van der Waals surface area contributed by atoms with E-state index in [1.165, 1.54) is 16.2 Å². The van der Waals surface area contributed by atoms with Crippen molar-refractivity contribution in [1.82, 2.24) is 9.88 Å². The molecule has 1 aromatic rings. The Morgan fingerprint density at radius 1 is 1.43 bits per heavy atom. The predicted octanol–water partition coefficient (Wildman–Crippen LogP) is 0.405. The molecule has 21 heavy (non-hydrogen) atoms. The highest BCUT2D eigenvalue weighted by molar-refractivity contribution is 7.18. The van der Waals surface area contributed by atoms with Gasteiger partial charge in [-0.3, -0.25) is 4.79 Å². The standard InChI is InChI=1S/C13H22N4O3S/c1-16(2)12-15-10(14)9(21-12)11(18)17(3)8-13(19)4-6-20-7-5-13/h19H,4-8,14H2,1-3H3. The maximum atomic E-state index is 12.5. The largest absolute Gasteiger partial charge is 0.388 e. The van der Waals surface area contributed by atoms with E-state index in [-0.39, 0.29) is 18.3 Å². The summed E-state index contributed by atoms with van der Waals surface area (Å²) in [5.41, 5.74) is 4.94. The fraction of sp³-hybridized carbons (Fsp3) is 0.692. The molecule has 1 aliphatic rings. The third-order valence-corrected chi connectivity index (χ3v) is 4.75. The summed E-state index contributed by atoms with van der Waals surface area (Å²) < 4.78 is 5.24. The van der Waals surface area contributed by atoms with Crippen LogP contribution in [0.1, 0.15) is 22.5 Å². The summed E-state index contributed by atoms with van der Waals surface area (Å²) in [6.07, 6.45) is 1.07. The van der Waals surface area contributed by atoms with Gasteiger partial charge in [-0.15, -0.1) is 0 Å². The predicted molar refractivity (Wildman–Crippen MR) is 82.8 cm³/mol. The van der Waals surface area contributed by atoms with Crippen LogP contribution in [0.3, 0.4) is 0 Å². The summed E-state index contributed by atoms with van der Waals surface area (Å²) in [5.74, 6) is 0.0255. The summed E-state index contributed by atoms with van der Waals surface area (Å²) in [5, 5.41) is 11.2.